The van der Waals surface area contributed by atoms with Crippen molar-refractivity contribution in [2.24, 2.45) is 11.1 Å². The molecule has 0 atom stereocenters. The minimum atomic E-state index is -4.04. The zero-order valence-corrected chi connectivity index (χ0v) is 14.5. The van der Waals surface area contributed by atoms with Gasteiger partial charge in [0.1, 0.15) is 10.6 Å². The quantitative estimate of drug-likeness (QED) is 0.613. The molecule has 1 aromatic carbocycles. The summed E-state index contributed by atoms with van der Waals surface area (Å²) in [5.41, 5.74) is 1.42. The van der Waals surface area contributed by atoms with Gasteiger partial charge in [-0.1, -0.05) is 30.6 Å². The summed E-state index contributed by atoms with van der Waals surface area (Å²) in [6.07, 6.45) is 2.98. The van der Waals surface area contributed by atoms with Gasteiger partial charge in [0.15, 0.2) is 5.78 Å². The summed E-state index contributed by atoms with van der Waals surface area (Å²) in [6, 6.07) is 5.57. The summed E-state index contributed by atoms with van der Waals surface area (Å²) in [5, 5.41) is 4.12. The third-order valence-corrected chi connectivity index (χ3v) is 4.66. The molecular weight excluding hydrogens is 338 g/mol. The van der Waals surface area contributed by atoms with Crippen LogP contribution in [0.5, 0.6) is 0 Å². The largest absolute Gasteiger partial charge is 0.358 e. The molecule has 0 N–H and O–H groups in total. The van der Waals surface area contributed by atoms with Crippen molar-refractivity contribution in [3.05, 3.63) is 52.6 Å². The van der Waals surface area contributed by atoms with Crippen LogP contribution < -0.4 is 0 Å². The van der Waals surface area contributed by atoms with Gasteiger partial charge < -0.3 is 0 Å². The monoisotopic (exact) mass is 353 g/mol. The van der Waals surface area contributed by atoms with E-state index in [0.717, 1.165) is 0 Å². The molecule has 0 unspecified atom stereocenters. The number of hydrogen-bond donors (Lipinski definition) is 0. The van der Waals surface area contributed by atoms with Crippen LogP contribution in [0, 0.1) is 5.92 Å². The summed E-state index contributed by atoms with van der Waals surface area (Å²) in [6.45, 7) is 5.42. The standard InChI is InChI=1S/C16H16ClNO4S/c1-10(2)14-9-15(11(3)8-16(14)19)18-22-23(20,21)13-6-4-12(17)5-7-13/h4-10H,1-3H3/b18-15-. The third-order valence-electron chi connectivity index (χ3n) is 3.29. The fourth-order valence-corrected chi connectivity index (χ4v) is 2.83. The summed E-state index contributed by atoms with van der Waals surface area (Å²) in [7, 11) is -4.04. The molecule has 1 aliphatic rings. The van der Waals surface area contributed by atoms with Crippen molar-refractivity contribution in [3.63, 3.8) is 0 Å². The lowest BCUT2D eigenvalue weighted by atomic mass is 9.90. The molecule has 1 aromatic rings. The molecule has 0 bridgehead atoms. The van der Waals surface area contributed by atoms with Crippen LogP contribution in [0.4, 0.5) is 0 Å². The number of halogens is 1. The molecule has 0 aromatic heterocycles. The van der Waals surface area contributed by atoms with E-state index in [-0.39, 0.29) is 16.6 Å². The number of rotatable bonds is 4. The molecule has 5 nitrogen and oxygen atoms in total. The van der Waals surface area contributed by atoms with Crippen LogP contribution in [0.3, 0.4) is 0 Å². The van der Waals surface area contributed by atoms with Gasteiger partial charge in [0.25, 0.3) is 0 Å². The van der Waals surface area contributed by atoms with Crippen molar-refractivity contribution < 1.29 is 17.5 Å². The van der Waals surface area contributed by atoms with Gasteiger partial charge in [-0.2, -0.15) is 8.42 Å². The fraction of sp³-hybridized carbons (Fsp3) is 0.250. The summed E-state index contributed by atoms with van der Waals surface area (Å²) >= 11 is 5.73. The van der Waals surface area contributed by atoms with Gasteiger partial charge in [-0.05, 0) is 54.8 Å². The maximum absolute atomic E-state index is 12.1. The molecular formula is C16H16ClNO4S. The van der Waals surface area contributed by atoms with Crippen molar-refractivity contribution in [2.45, 2.75) is 25.7 Å². The van der Waals surface area contributed by atoms with E-state index in [1.54, 1.807) is 13.0 Å². The van der Waals surface area contributed by atoms with Crippen LogP contribution in [0.1, 0.15) is 20.8 Å². The summed E-state index contributed by atoms with van der Waals surface area (Å²) in [5.74, 6) is -0.0954. The lowest BCUT2D eigenvalue weighted by Crippen LogP contribution is -2.16. The Kier molecular flexibility index (Phi) is 5.06. The van der Waals surface area contributed by atoms with Crippen LogP contribution in [-0.4, -0.2) is 19.9 Å². The van der Waals surface area contributed by atoms with E-state index in [1.165, 1.54) is 30.3 Å². The van der Waals surface area contributed by atoms with Gasteiger partial charge in [0, 0.05) is 10.6 Å². The van der Waals surface area contributed by atoms with Gasteiger partial charge >= 0.3 is 10.1 Å². The Morgan fingerprint density at radius 3 is 2.30 bits per heavy atom. The second-order valence-electron chi connectivity index (χ2n) is 5.41. The van der Waals surface area contributed by atoms with E-state index in [2.05, 4.69) is 5.16 Å². The normalized spacial score (nSPS) is 17.3. The Morgan fingerprint density at radius 2 is 1.74 bits per heavy atom. The molecule has 0 fully saturated rings. The number of benzene rings is 1. The van der Waals surface area contributed by atoms with Crippen molar-refractivity contribution in [1.82, 2.24) is 0 Å². The Bertz CT molecular complexity index is 818. The smallest absolute Gasteiger partial charge is 0.290 e. The maximum Gasteiger partial charge on any atom is 0.358 e. The van der Waals surface area contributed by atoms with E-state index >= 15 is 0 Å². The molecule has 0 spiro atoms. The molecule has 0 radical (unpaired) electrons. The number of ketones is 1. The van der Waals surface area contributed by atoms with E-state index in [1.807, 2.05) is 13.8 Å². The van der Waals surface area contributed by atoms with Crippen LogP contribution in [0.15, 0.2) is 57.6 Å². The van der Waals surface area contributed by atoms with Crippen LogP contribution >= 0.6 is 11.6 Å². The van der Waals surface area contributed by atoms with E-state index in [9.17, 15) is 13.2 Å². The molecule has 7 heteroatoms. The zero-order chi connectivity index (χ0) is 17.2. The molecule has 0 saturated heterocycles. The Hall–Kier alpha value is -1.92. The molecule has 23 heavy (non-hydrogen) atoms. The first kappa shape index (κ1) is 17.4. The highest BCUT2D eigenvalue weighted by Gasteiger charge is 2.21. The number of carbonyl (C=O) groups excluding carboxylic acids is 1. The molecule has 1 aliphatic carbocycles. The molecule has 0 aliphatic heterocycles. The van der Waals surface area contributed by atoms with E-state index in [0.29, 0.717) is 21.9 Å². The number of carbonyl (C=O) groups is 1. The lowest BCUT2D eigenvalue weighted by Gasteiger charge is -2.14. The second-order valence-corrected chi connectivity index (χ2v) is 7.37. The van der Waals surface area contributed by atoms with Crippen molar-refractivity contribution in [3.8, 4) is 0 Å². The topological polar surface area (TPSA) is 72.8 Å². The number of oxime groups is 1. The Morgan fingerprint density at radius 1 is 1.13 bits per heavy atom. The summed E-state index contributed by atoms with van der Waals surface area (Å²) < 4.78 is 28.9. The van der Waals surface area contributed by atoms with Crippen LogP contribution in [0.2, 0.25) is 5.02 Å². The maximum atomic E-state index is 12.1. The predicted molar refractivity (Wildman–Crippen MR) is 88.8 cm³/mol. The SMILES string of the molecule is CC1=CC(=O)C(C(C)C)=C/C1=N/OS(=O)(=O)c1ccc(Cl)cc1. The van der Waals surface area contributed by atoms with Crippen molar-refractivity contribution >= 4 is 33.2 Å². The summed E-state index contributed by atoms with van der Waals surface area (Å²) in [4.78, 5) is 11.8. The minimum absolute atomic E-state index is 0.00456. The highest BCUT2D eigenvalue weighted by Crippen LogP contribution is 2.21. The van der Waals surface area contributed by atoms with Crippen LogP contribution in [0.25, 0.3) is 0 Å². The van der Waals surface area contributed by atoms with E-state index in [4.69, 9.17) is 15.9 Å². The fourth-order valence-electron chi connectivity index (χ4n) is 1.97. The zero-order valence-electron chi connectivity index (χ0n) is 12.9. The third kappa shape index (κ3) is 4.09. The Balaban J connectivity index is 2.29. The molecule has 122 valence electrons. The van der Waals surface area contributed by atoms with Gasteiger partial charge in [-0.25, -0.2) is 0 Å². The van der Waals surface area contributed by atoms with E-state index < -0.39 is 10.1 Å². The van der Waals surface area contributed by atoms with Gasteiger partial charge in [0.05, 0.1) is 0 Å². The lowest BCUT2D eigenvalue weighted by molar-refractivity contribution is -0.111. The van der Waals surface area contributed by atoms with Crippen molar-refractivity contribution in [2.75, 3.05) is 0 Å². The molecule has 0 heterocycles. The van der Waals surface area contributed by atoms with Crippen LogP contribution in [-0.2, 0) is 19.2 Å². The molecule has 0 saturated carbocycles. The van der Waals surface area contributed by atoms with Gasteiger partial charge in [-0.3, -0.25) is 9.08 Å². The van der Waals surface area contributed by atoms with Gasteiger partial charge in [-0.15, -0.1) is 0 Å². The van der Waals surface area contributed by atoms with Crippen molar-refractivity contribution in [1.29, 1.82) is 0 Å². The van der Waals surface area contributed by atoms with Gasteiger partial charge in [0.2, 0.25) is 0 Å². The average Bonchev–Trinajstić information content (AvgIpc) is 2.46. The number of hydrogen-bond acceptors (Lipinski definition) is 5. The second kappa shape index (κ2) is 6.68. The first-order valence-electron chi connectivity index (χ1n) is 6.92. The highest BCUT2D eigenvalue weighted by molar-refractivity contribution is 7.86. The minimum Gasteiger partial charge on any atom is -0.290 e. The molecule has 2 rings (SSSR count). The number of allylic oxidation sites excluding steroid dienone is 4. The highest BCUT2D eigenvalue weighted by atomic mass is 35.5. The average molecular weight is 354 g/mol. The first-order chi connectivity index (χ1) is 10.7. The predicted octanol–water partition coefficient (Wildman–Crippen LogP) is 3.51. The Labute approximate surface area is 140 Å². The molecule has 0 amide bonds. The first-order valence-corrected chi connectivity index (χ1v) is 8.71. The number of nitrogens with zero attached hydrogens (tertiary/aromatic N) is 1.